The van der Waals surface area contributed by atoms with Crippen molar-refractivity contribution in [3.63, 3.8) is 0 Å². The molecule has 1 heterocycles. The maximum atomic E-state index is 6.05. The third kappa shape index (κ3) is 2.92. The highest BCUT2D eigenvalue weighted by molar-refractivity contribution is 7.99. The van der Waals surface area contributed by atoms with Gasteiger partial charge in [-0.15, -0.1) is 0 Å². The summed E-state index contributed by atoms with van der Waals surface area (Å²) in [5.74, 6) is 0.704. The van der Waals surface area contributed by atoms with Gasteiger partial charge in [0.15, 0.2) is 5.16 Å². The summed E-state index contributed by atoms with van der Waals surface area (Å²) in [4.78, 5) is 9.46. The average Bonchev–Trinajstić information content (AvgIpc) is 2.35. The van der Waals surface area contributed by atoms with Crippen molar-refractivity contribution < 1.29 is 4.74 Å². The van der Waals surface area contributed by atoms with E-state index in [-0.39, 0.29) is 0 Å². The molecule has 0 saturated heterocycles. The van der Waals surface area contributed by atoms with Gasteiger partial charge in [-0.05, 0) is 43.8 Å². The van der Waals surface area contributed by atoms with E-state index in [0.717, 1.165) is 10.6 Å². The number of anilines is 1. The lowest BCUT2D eigenvalue weighted by Crippen LogP contribution is -1.98. The molecule has 2 N–H and O–H groups in total. The molecule has 0 radical (unpaired) electrons. The van der Waals surface area contributed by atoms with Gasteiger partial charge in [-0.3, -0.25) is 0 Å². The Morgan fingerprint density at radius 3 is 2.89 bits per heavy atom. The molecule has 2 aromatic rings. The molecule has 18 heavy (non-hydrogen) atoms. The molecule has 1 aromatic carbocycles. The minimum Gasteiger partial charge on any atom is -0.492 e. The third-order valence-corrected chi connectivity index (χ3v) is 3.26. The average molecular weight is 261 g/mol. The van der Waals surface area contributed by atoms with Gasteiger partial charge in [-0.1, -0.05) is 6.07 Å². The van der Waals surface area contributed by atoms with Gasteiger partial charge in [0.2, 0.25) is 0 Å². The predicted molar refractivity (Wildman–Crippen MR) is 72.9 cm³/mol. The van der Waals surface area contributed by atoms with Gasteiger partial charge in [0.05, 0.1) is 12.3 Å². The Morgan fingerprint density at radius 1 is 1.33 bits per heavy atom. The van der Waals surface area contributed by atoms with Gasteiger partial charge in [0.1, 0.15) is 5.75 Å². The Kier molecular flexibility index (Phi) is 4.04. The topological polar surface area (TPSA) is 61.0 Å². The highest BCUT2D eigenvalue weighted by Gasteiger charge is 2.08. The molecule has 0 atom stereocenters. The zero-order chi connectivity index (χ0) is 13.0. The third-order valence-electron chi connectivity index (χ3n) is 2.30. The lowest BCUT2D eigenvalue weighted by molar-refractivity contribution is 0.341. The molecule has 0 unspecified atom stereocenters. The van der Waals surface area contributed by atoms with Crippen LogP contribution in [0.2, 0.25) is 0 Å². The van der Waals surface area contributed by atoms with Crippen molar-refractivity contribution in [2.24, 2.45) is 0 Å². The normalized spacial score (nSPS) is 10.3. The maximum absolute atomic E-state index is 6.05. The van der Waals surface area contributed by atoms with Gasteiger partial charge in [0, 0.05) is 16.8 Å². The Balaban J connectivity index is 2.26. The monoisotopic (exact) mass is 261 g/mol. The molecule has 0 aliphatic rings. The van der Waals surface area contributed by atoms with E-state index >= 15 is 0 Å². The number of hydrogen-bond donors (Lipinski definition) is 1. The predicted octanol–water partition coefficient (Wildman–Crippen LogP) is 2.92. The molecule has 0 fully saturated rings. The standard InChI is InChI=1S/C13H15N3OS/c1-3-17-10-5-4-6-11(12(10)14)18-13-15-8-7-9(2)16-13/h4-8H,3,14H2,1-2H3. The van der Waals surface area contributed by atoms with Gasteiger partial charge in [0.25, 0.3) is 0 Å². The van der Waals surface area contributed by atoms with Crippen molar-refractivity contribution in [2.75, 3.05) is 12.3 Å². The summed E-state index contributed by atoms with van der Waals surface area (Å²) in [5, 5.41) is 0.690. The summed E-state index contributed by atoms with van der Waals surface area (Å²) < 4.78 is 5.46. The molecule has 94 valence electrons. The van der Waals surface area contributed by atoms with Crippen LogP contribution in [0.1, 0.15) is 12.6 Å². The Morgan fingerprint density at radius 2 is 2.17 bits per heavy atom. The van der Waals surface area contributed by atoms with Crippen molar-refractivity contribution in [3.8, 4) is 5.75 Å². The van der Waals surface area contributed by atoms with Crippen LogP contribution in [0.25, 0.3) is 0 Å². The summed E-state index contributed by atoms with van der Waals surface area (Å²) >= 11 is 1.44. The van der Waals surface area contributed by atoms with Crippen molar-refractivity contribution in [2.45, 2.75) is 23.9 Å². The number of aromatic nitrogens is 2. The van der Waals surface area contributed by atoms with Crippen LogP contribution in [0.3, 0.4) is 0 Å². The second kappa shape index (κ2) is 5.73. The number of rotatable bonds is 4. The zero-order valence-corrected chi connectivity index (χ0v) is 11.2. The Labute approximate surface area is 111 Å². The SMILES string of the molecule is CCOc1cccc(Sc2nccc(C)n2)c1N. The summed E-state index contributed by atoms with van der Waals surface area (Å²) in [6.07, 6.45) is 1.74. The van der Waals surface area contributed by atoms with Crippen LogP contribution in [0, 0.1) is 6.92 Å². The van der Waals surface area contributed by atoms with Crippen molar-refractivity contribution in [1.82, 2.24) is 9.97 Å². The molecule has 4 nitrogen and oxygen atoms in total. The van der Waals surface area contributed by atoms with Gasteiger partial charge >= 0.3 is 0 Å². The number of aryl methyl sites for hydroxylation is 1. The van der Waals surface area contributed by atoms with E-state index < -0.39 is 0 Å². The minimum atomic E-state index is 0.596. The van der Waals surface area contributed by atoms with Crippen molar-refractivity contribution >= 4 is 17.4 Å². The fraction of sp³-hybridized carbons (Fsp3) is 0.231. The first kappa shape index (κ1) is 12.7. The first-order valence-electron chi connectivity index (χ1n) is 5.69. The smallest absolute Gasteiger partial charge is 0.192 e. The van der Waals surface area contributed by atoms with E-state index in [1.165, 1.54) is 11.8 Å². The van der Waals surface area contributed by atoms with Crippen LogP contribution in [-0.4, -0.2) is 16.6 Å². The minimum absolute atomic E-state index is 0.596. The van der Waals surface area contributed by atoms with E-state index in [2.05, 4.69) is 9.97 Å². The lowest BCUT2D eigenvalue weighted by Gasteiger charge is -2.10. The second-order valence-corrected chi connectivity index (χ2v) is 4.69. The number of para-hydroxylation sites is 1. The number of nitrogens with zero attached hydrogens (tertiary/aromatic N) is 2. The molecule has 0 aliphatic carbocycles. The van der Waals surface area contributed by atoms with E-state index in [4.69, 9.17) is 10.5 Å². The van der Waals surface area contributed by atoms with Crippen LogP contribution >= 0.6 is 11.8 Å². The van der Waals surface area contributed by atoms with E-state index in [1.54, 1.807) is 6.20 Å². The largest absolute Gasteiger partial charge is 0.492 e. The molecule has 0 aliphatic heterocycles. The number of benzene rings is 1. The lowest BCUT2D eigenvalue weighted by atomic mass is 10.3. The van der Waals surface area contributed by atoms with E-state index in [9.17, 15) is 0 Å². The highest BCUT2D eigenvalue weighted by Crippen LogP contribution is 2.35. The van der Waals surface area contributed by atoms with Crippen LogP contribution in [0.15, 0.2) is 40.5 Å². The fourth-order valence-corrected chi connectivity index (χ4v) is 2.32. The first-order valence-corrected chi connectivity index (χ1v) is 6.51. The number of nitrogens with two attached hydrogens (primary N) is 1. The zero-order valence-electron chi connectivity index (χ0n) is 10.4. The Hall–Kier alpha value is -1.75. The number of nitrogen functional groups attached to an aromatic ring is 1. The molecule has 1 aromatic heterocycles. The molecule has 5 heteroatoms. The van der Waals surface area contributed by atoms with Crippen LogP contribution in [-0.2, 0) is 0 Å². The molecular weight excluding hydrogens is 246 g/mol. The van der Waals surface area contributed by atoms with E-state index in [1.807, 2.05) is 38.1 Å². The van der Waals surface area contributed by atoms with Crippen molar-refractivity contribution in [1.29, 1.82) is 0 Å². The summed E-state index contributed by atoms with van der Waals surface area (Å²) in [5.41, 5.74) is 7.62. The summed E-state index contributed by atoms with van der Waals surface area (Å²) in [6.45, 7) is 4.47. The molecular formula is C13H15N3OS. The fourth-order valence-electron chi connectivity index (χ4n) is 1.47. The Bertz CT molecular complexity index is 546. The molecule has 0 spiro atoms. The van der Waals surface area contributed by atoms with Crippen LogP contribution < -0.4 is 10.5 Å². The number of hydrogen-bond acceptors (Lipinski definition) is 5. The van der Waals surface area contributed by atoms with Crippen molar-refractivity contribution in [3.05, 3.63) is 36.2 Å². The summed E-state index contributed by atoms with van der Waals surface area (Å²) in [7, 11) is 0. The van der Waals surface area contributed by atoms with Gasteiger partial charge in [-0.25, -0.2) is 9.97 Å². The van der Waals surface area contributed by atoms with Gasteiger partial charge < -0.3 is 10.5 Å². The van der Waals surface area contributed by atoms with E-state index in [0.29, 0.717) is 23.2 Å². The molecule has 0 saturated carbocycles. The quantitative estimate of drug-likeness (QED) is 0.677. The summed E-state index contributed by atoms with van der Waals surface area (Å²) in [6, 6.07) is 7.58. The van der Waals surface area contributed by atoms with Crippen LogP contribution in [0.5, 0.6) is 5.75 Å². The van der Waals surface area contributed by atoms with Gasteiger partial charge in [-0.2, -0.15) is 0 Å². The maximum Gasteiger partial charge on any atom is 0.192 e. The second-order valence-electron chi connectivity index (χ2n) is 3.68. The molecule has 0 bridgehead atoms. The van der Waals surface area contributed by atoms with Crippen LogP contribution in [0.4, 0.5) is 5.69 Å². The first-order chi connectivity index (χ1) is 8.70. The number of ether oxygens (including phenoxy) is 1. The molecule has 0 amide bonds. The molecule has 2 rings (SSSR count). The highest BCUT2D eigenvalue weighted by atomic mass is 32.2.